The minimum Gasteiger partial charge on any atom is -0.395 e. The summed E-state index contributed by atoms with van der Waals surface area (Å²) in [5.74, 6) is -0.507. The van der Waals surface area contributed by atoms with Crippen molar-refractivity contribution in [2.75, 3.05) is 26.7 Å². The van der Waals surface area contributed by atoms with Crippen LogP contribution in [0.1, 0.15) is 6.92 Å². The summed E-state index contributed by atoms with van der Waals surface area (Å²) in [7, 11) is 1.35. The largest absolute Gasteiger partial charge is 0.401 e. The molecule has 0 bridgehead atoms. The van der Waals surface area contributed by atoms with Gasteiger partial charge in [-0.25, -0.2) is 0 Å². The van der Waals surface area contributed by atoms with Gasteiger partial charge in [0.15, 0.2) is 0 Å². The number of alkyl halides is 3. The van der Waals surface area contributed by atoms with Gasteiger partial charge in [0.25, 0.3) is 0 Å². The lowest BCUT2D eigenvalue weighted by atomic mass is 10.2. The number of rotatable bonds is 5. The maximum absolute atomic E-state index is 12.1. The van der Waals surface area contributed by atoms with Crippen LogP contribution in [-0.4, -0.2) is 54.9 Å². The fraction of sp³-hybridized carbons (Fsp3) is 0.875. The molecule has 2 N–H and O–H groups in total. The van der Waals surface area contributed by atoms with Crippen LogP contribution in [0.2, 0.25) is 0 Å². The van der Waals surface area contributed by atoms with E-state index in [1.165, 1.54) is 14.0 Å². The maximum atomic E-state index is 12.1. The van der Waals surface area contributed by atoms with E-state index in [2.05, 4.69) is 5.32 Å². The Morgan fingerprint density at radius 1 is 1.53 bits per heavy atom. The van der Waals surface area contributed by atoms with Crippen LogP contribution in [0, 0.1) is 0 Å². The molecule has 1 unspecified atom stereocenters. The van der Waals surface area contributed by atoms with E-state index in [4.69, 9.17) is 5.11 Å². The van der Waals surface area contributed by atoms with Gasteiger partial charge in [0.05, 0.1) is 19.2 Å². The van der Waals surface area contributed by atoms with Crippen molar-refractivity contribution >= 4 is 5.91 Å². The van der Waals surface area contributed by atoms with Crippen molar-refractivity contribution in [1.29, 1.82) is 0 Å². The zero-order valence-corrected chi connectivity index (χ0v) is 8.64. The third-order valence-corrected chi connectivity index (χ3v) is 1.94. The van der Waals surface area contributed by atoms with Crippen molar-refractivity contribution in [2.45, 2.75) is 19.1 Å². The van der Waals surface area contributed by atoms with Crippen LogP contribution < -0.4 is 5.32 Å². The number of aliphatic hydroxyl groups excluding tert-OH is 1. The monoisotopic (exact) mass is 228 g/mol. The van der Waals surface area contributed by atoms with Gasteiger partial charge in [-0.1, -0.05) is 0 Å². The van der Waals surface area contributed by atoms with Crippen molar-refractivity contribution in [1.82, 2.24) is 10.2 Å². The van der Waals surface area contributed by atoms with Crippen LogP contribution >= 0.6 is 0 Å². The molecule has 15 heavy (non-hydrogen) atoms. The molecule has 0 saturated heterocycles. The molecule has 1 amide bonds. The molecule has 0 heterocycles. The van der Waals surface area contributed by atoms with Gasteiger partial charge in [-0.05, 0) is 6.92 Å². The number of hydrogen-bond acceptors (Lipinski definition) is 3. The second-order valence-corrected chi connectivity index (χ2v) is 3.10. The average molecular weight is 228 g/mol. The summed E-state index contributed by atoms with van der Waals surface area (Å²) >= 11 is 0. The van der Waals surface area contributed by atoms with Crippen LogP contribution in [0.15, 0.2) is 0 Å². The average Bonchev–Trinajstić information content (AvgIpc) is 2.13. The van der Waals surface area contributed by atoms with E-state index >= 15 is 0 Å². The molecule has 0 aromatic heterocycles. The number of carbonyl (C=O) groups is 1. The van der Waals surface area contributed by atoms with Gasteiger partial charge < -0.3 is 10.4 Å². The van der Waals surface area contributed by atoms with E-state index in [1.54, 1.807) is 0 Å². The molecule has 0 spiro atoms. The number of carbonyl (C=O) groups excluding carboxylic acids is 1. The molecule has 4 nitrogen and oxygen atoms in total. The van der Waals surface area contributed by atoms with Gasteiger partial charge in [0, 0.05) is 13.6 Å². The standard InChI is InChI=1S/C8H15F3N2O2/c1-6(7(15)12-2)13(3-4-14)5-8(9,10)11/h6,14H,3-5H2,1-2H3,(H,12,15). The Morgan fingerprint density at radius 2 is 2.07 bits per heavy atom. The Morgan fingerprint density at radius 3 is 2.40 bits per heavy atom. The van der Waals surface area contributed by atoms with E-state index in [1.807, 2.05) is 0 Å². The van der Waals surface area contributed by atoms with Crippen LogP contribution in [0.4, 0.5) is 13.2 Å². The first-order chi connectivity index (χ1) is 6.81. The first-order valence-corrected chi connectivity index (χ1v) is 4.45. The molecule has 0 radical (unpaired) electrons. The third-order valence-electron chi connectivity index (χ3n) is 1.94. The maximum Gasteiger partial charge on any atom is 0.401 e. The van der Waals surface area contributed by atoms with Crippen LogP contribution in [0.25, 0.3) is 0 Å². The first kappa shape index (κ1) is 14.2. The fourth-order valence-corrected chi connectivity index (χ4v) is 1.14. The lowest BCUT2D eigenvalue weighted by Gasteiger charge is -2.27. The highest BCUT2D eigenvalue weighted by Crippen LogP contribution is 2.17. The summed E-state index contributed by atoms with van der Waals surface area (Å²) in [6.45, 7) is -0.451. The van der Waals surface area contributed by atoms with E-state index in [0.717, 1.165) is 4.90 Å². The van der Waals surface area contributed by atoms with Gasteiger partial charge in [0.2, 0.25) is 5.91 Å². The molecular weight excluding hydrogens is 213 g/mol. The summed E-state index contributed by atoms with van der Waals surface area (Å²) in [4.78, 5) is 12.0. The van der Waals surface area contributed by atoms with E-state index in [9.17, 15) is 18.0 Å². The molecule has 0 aromatic carbocycles. The third kappa shape index (κ3) is 5.58. The molecule has 1 atom stereocenters. The second kappa shape index (κ2) is 5.92. The van der Waals surface area contributed by atoms with E-state index in [0.29, 0.717) is 0 Å². The highest BCUT2D eigenvalue weighted by atomic mass is 19.4. The number of hydrogen-bond donors (Lipinski definition) is 2. The molecule has 0 saturated carbocycles. The molecule has 0 aliphatic heterocycles. The van der Waals surface area contributed by atoms with Crippen LogP contribution in [-0.2, 0) is 4.79 Å². The number of aliphatic hydroxyl groups is 1. The SMILES string of the molecule is CNC(=O)C(C)N(CCO)CC(F)(F)F. The summed E-state index contributed by atoms with van der Waals surface area (Å²) < 4.78 is 36.3. The second-order valence-electron chi connectivity index (χ2n) is 3.10. The van der Waals surface area contributed by atoms with Crippen molar-refractivity contribution in [3.05, 3.63) is 0 Å². The van der Waals surface area contributed by atoms with Crippen molar-refractivity contribution in [3.63, 3.8) is 0 Å². The fourth-order valence-electron chi connectivity index (χ4n) is 1.14. The lowest BCUT2D eigenvalue weighted by Crippen LogP contribution is -2.48. The van der Waals surface area contributed by atoms with Gasteiger partial charge in [-0.15, -0.1) is 0 Å². The molecule has 0 aliphatic rings. The van der Waals surface area contributed by atoms with Crippen molar-refractivity contribution in [3.8, 4) is 0 Å². The lowest BCUT2D eigenvalue weighted by molar-refractivity contribution is -0.155. The Balaban J connectivity index is 4.44. The quantitative estimate of drug-likeness (QED) is 0.695. The molecule has 0 aliphatic carbocycles. The number of nitrogens with one attached hydrogen (secondary N) is 1. The highest BCUT2D eigenvalue weighted by molar-refractivity contribution is 5.80. The minimum atomic E-state index is -4.38. The Kier molecular flexibility index (Phi) is 5.59. The number of likely N-dealkylation sites (N-methyl/N-ethyl adjacent to an activating group) is 1. The van der Waals surface area contributed by atoms with Gasteiger partial charge in [-0.3, -0.25) is 9.69 Å². The molecule has 0 fully saturated rings. The summed E-state index contributed by atoms with van der Waals surface area (Å²) in [5.41, 5.74) is 0. The van der Waals surface area contributed by atoms with E-state index in [-0.39, 0.29) is 6.54 Å². The van der Waals surface area contributed by atoms with E-state index < -0.39 is 31.3 Å². The smallest absolute Gasteiger partial charge is 0.395 e. The molecule has 0 rings (SSSR count). The van der Waals surface area contributed by atoms with Crippen LogP contribution in [0.3, 0.4) is 0 Å². The zero-order chi connectivity index (χ0) is 12.1. The normalized spacial score (nSPS) is 14.1. The number of nitrogens with zero attached hydrogens (tertiary/aromatic N) is 1. The summed E-state index contributed by atoms with van der Waals surface area (Å²) in [6, 6.07) is -0.913. The Hall–Kier alpha value is -0.820. The summed E-state index contributed by atoms with van der Waals surface area (Å²) in [5, 5.41) is 10.9. The van der Waals surface area contributed by atoms with Crippen molar-refractivity contribution in [2.24, 2.45) is 0 Å². The molecule has 90 valence electrons. The topological polar surface area (TPSA) is 52.6 Å². The minimum absolute atomic E-state index is 0.186. The molecule has 7 heteroatoms. The van der Waals surface area contributed by atoms with Crippen LogP contribution in [0.5, 0.6) is 0 Å². The zero-order valence-electron chi connectivity index (χ0n) is 8.64. The molecular formula is C8H15F3N2O2. The van der Waals surface area contributed by atoms with Gasteiger partial charge >= 0.3 is 6.18 Å². The number of halogens is 3. The predicted octanol–water partition coefficient (Wildman–Crippen LogP) is -0.0225. The number of amides is 1. The van der Waals surface area contributed by atoms with Crippen molar-refractivity contribution < 1.29 is 23.1 Å². The first-order valence-electron chi connectivity index (χ1n) is 4.45. The van der Waals surface area contributed by atoms with Gasteiger partial charge in [-0.2, -0.15) is 13.2 Å². The highest BCUT2D eigenvalue weighted by Gasteiger charge is 2.34. The predicted molar refractivity (Wildman–Crippen MR) is 48.2 cm³/mol. The Labute approximate surface area is 86.1 Å². The van der Waals surface area contributed by atoms with Gasteiger partial charge in [0.1, 0.15) is 0 Å². The summed E-state index contributed by atoms with van der Waals surface area (Å²) in [6.07, 6.45) is -4.38. The molecule has 0 aromatic rings. The Bertz CT molecular complexity index is 209.